The first-order chi connectivity index (χ1) is 21.5. The van der Waals surface area contributed by atoms with E-state index >= 15 is 0 Å². The van der Waals surface area contributed by atoms with E-state index in [4.69, 9.17) is 29.4 Å². The lowest BCUT2D eigenvalue weighted by Gasteiger charge is -2.35. The number of aromatic amines is 1. The number of aryl methyl sites for hydroxylation is 1. The molecule has 0 bridgehead atoms. The van der Waals surface area contributed by atoms with Crippen LogP contribution in [-0.2, 0) is 24.1 Å². The highest BCUT2D eigenvalue weighted by Gasteiger charge is 2.28. The fourth-order valence-corrected chi connectivity index (χ4v) is 5.70. The predicted octanol–water partition coefficient (Wildman–Crippen LogP) is 5.87. The number of carbonyl (C=O) groups is 1. The van der Waals surface area contributed by atoms with Crippen LogP contribution in [0, 0.1) is 0 Å². The number of fused-ring (bicyclic) bond motifs is 2. The molecule has 3 aromatic carbocycles. The topological polar surface area (TPSA) is 108 Å². The average molecular weight is 604 g/mol. The standard InChI is InChI=1S/C24H28N2O4.C11H17NO2/c1-4-30-24-11-16-9-10-26(15-27)22(20(16)13-23(24)29-3)8-5-17-14-25-21-7-6-18(28-2)12-19(17)21;1-3-14-11-8-9(6-7-12)4-5-10(11)13-2/h6-7,11-15,22,25H,4-5,8-10H2,1-3H3;4-5,8H,3,6-7,12H2,1-2H3/t22-;/m0./s1. The summed E-state index contributed by atoms with van der Waals surface area (Å²) in [5.74, 6) is 3.88. The van der Waals surface area contributed by atoms with Crippen molar-refractivity contribution in [3.63, 3.8) is 0 Å². The summed E-state index contributed by atoms with van der Waals surface area (Å²) in [5.41, 5.74) is 11.3. The van der Waals surface area contributed by atoms with Gasteiger partial charge in [0, 0.05) is 23.6 Å². The maximum Gasteiger partial charge on any atom is 0.210 e. The molecule has 3 N–H and O–H groups in total. The van der Waals surface area contributed by atoms with Gasteiger partial charge in [-0.25, -0.2) is 0 Å². The lowest BCUT2D eigenvalue weighted by Crippen LogP contribution is -2.34. The fourth-order valence-electron chi connectivity index (χ4n) is 5.70. The summed E-state index contributed by atoms with van der Waals surface area (Å²) in [6.07, 6.45) is 6.37. The van der Waals surface area contributed by atoms with E-state index in [-0.39, 0.29) is 6.04 Å². The van der Waals surface area contributed by atoms with Crippen LogP contribution >= 0.6 is 0 Å². The highest BCUT2D eigenvalue weighted by molar-refractivity contribution is 5.84. The molecule has 0 saturated heterocycles. The molecule has 9 heteroatoms. The first kappa shape index (κ1) is 32.5. The molecule has 236 valence electrons. The third-order valence-corrected chi connectivity index (χ3v) is 7.88. The summed E-state index contributed by atoms with van der Waals surface area (Å²) in [7, 11) is 4.97. The van der Waals surface area contributed by atoms with E-state index in [0.29, 0.717) is 32.1 Å². The molecule has 44 heavy (non-hydrogen) atoms. The van der Waals surface area contributed by atoms with Gasteiger partial charge in [-0.05, 0) is 111 Å². The Hall–Kier alpha value is -4.37. The van der Waals surface area contributed by atoms with Gasteiger partial charge in [0.25, 0.3) is 0 Å². The van der Waals surface area contributed by atoms with Crippen LogP contribution in [0.15, 0.2) is 54.7 Å². The number of hydrogen-bond acceptors (Lipinski definition) is 7. The van der Waals surface area contributed by atoms with Crippen molar-refractivity contribution >= 4 is 17.3 Å². The number of hydrogen-bond donors (Lipinski definition) is 2. The third-order valence-electron chi connectivity index (χ3n) is 7.88. The van der Waals surface area contributed by atoms with Crippen molar-refractivity contribution in [3.8, 4) is 28.7 Å². The Kier molecular flexibility index (Phi) is 11.8. The summed E-state index contributed by atoms with van der Waals surface area (Å²) < 4.78 is 27.3. The highest BCUT2D eigenvalue weighted by atomic mass is 16.5. The van der Waals surface area contributed by atoms with E-state index in [1.807, 2.05) is 55.1 Å². The Morgan fingerprint density at radius 1 is 0.886 bits per heavy atom. The van der Waals surface area contributed by atoms with Crippen molar-refractivity contribution in [1.82, 2.24) is 9.88 Å². The van der Waals surface area contributed by atoms with Crippen LogP contribution in [0.2, 0.25) is 0 Å². The molecule has 1 aromatic heterocycles. The quantitative estimate of drug-likeness (QED) is 0.184. The highest BCUT2D eigenvalue weighted by Crippen LogP contribution is 2.40. The van der Waals surface area contributed by atoms with Gasteiger partial charge in [0.05, 0.1) is 40.6 Å². The maximum absolute atomic E-state index is 11.8. The van der Waals surface area contributed by atoms with Crippen LogP contribution in [0.25, 0.3) is 10.9 Å². The Labute approximate surface area is 260 Å². The zero-order valence-electron chi connectivity index (χ0n) is 26.5. The van der Waals surface area contributed by atoms with Gasteiger partial charge >= 0.3 is 0 Å². The molecular weight excluding hydrogens is 558 g/mol. The van der Waals surface area contributed by atoms with Crippen LogP contribution in [0.1, 0.15) is 48.6 Å². The zero-order valence-corrected chi connectivity index (χ0v) is 26.5. The van der Waals surface area contributed by atoms with E-state index in [1.54, 1.807) is 21.3 Å². The number of nitrogens with two attached hydrogens (primary N) is 1. The first-order valence-corrected chi connectivity index (χ1v) is 15.2. The lowest BCUT2D eigenvalue weighted by atomic mass is 9.88. The number of ether oxygens (including phenoxy) is 5. The normalized spacial score (nSPS) is 13.9. The number of rotatable bonds is 13. The number of nitrogens with zero attached hydrogens (tertiary/aromatic N) is 1. The van der Waals surface area contributed by atoms with Crippen LogP contribution in [0.3, 0.4) is 0 Å². The molecule has 2 heterocycles. The minimum Gasteiger partial charge on any atom is -0.497 e. The Morgan fingerprint density at radius 2 is 1.64 bits per heavy atom. The van der Waals surface area contributed by atoms with Gasteiger partial charge in [-0.1, -0.05) is 6.07 Å². The monoisotopic (exact) mass is 603 g/mol. The molecule has 0 unspecified atom stereocenters. The van der Waals surface area contributed by atoms with Crippen LogP contribution in [0.4, 0.5) is 0 Å². The van der Waals surface area contributed by atoms with Gasteiger partial charge < -0.3 is 39.3 Å². The van der Waals surface area contributed by atoms with Crippen molar-refractivity contribution in [2.24, 2.45) is 5.73 Å². The molecule has 5 rings (SSSR count). The summed E-state index contributed by atoms with van der Waals surface area (Å²) in [5, 5.41) is 1.16. The maximum atomic E-state index is 11.8. The van der Waals surface area contributed by atoms with Gasteiger partial charge in [0.1, 0.15) is 5.75 Å². The summed E-state index contributed by atoms with van der Waals surface area (Å²) >= 11 is 0. The first-order valence-electron chi connectivity index (χ1n) is 15.2. The average Bonchev–Trinajstić information content (AvgIpc) is 3.46. The molecule has 0 fully saturated rings. The minimum absolute atomic E-state index is 0.00591. The molecule has 0 saturated carbocycles. The number of methoxy groups -OCH3 is 3. The molecule has 1 atom stereocenters. The molecule has 4 aromatic rings. The molecule has 1 aliphatic heterocycles. The predicted molar refractivity (Wildman–Crippen MR) is 173 cm³/mol. The number of aromatic nitrogens is 1. The largest absolute Gasteiger partial charge is 0.497 e. The molecule has 0 radical (unpaired) electrons. The van der Waals surface area contributed by atoms with Gasteiger partial charge in [0.15, 0.2) is 23.0 Å². The fraction of sp³-hybridized carbons (Fsp3) is 0.400. The molecule has 0 aliphatic carbocycles. The SMILES string of the molecule is CCOc1cc(CCN)ccc1OC.CCOc1cc2c(cc1OC)[C@H](CCc1c[nH]c3ccc(OC)cc13)N(C=O)CC2. The number of H-pyrrole nitrogens is 1. The summed E-state index contributed by atoms with van der Waals surface area (Å²) in [4.78, 5) is 17.0. The van der Waals surface area contributed by atoms with Crippen LogP contribution in [0.5, 0.6) is 28.7 Å². The van der Waals surface area contributed by atoms with E-state index in [0.717, 1.165) is 71.6 Å². The molecule has 0 spiro atoms. The van der Waals surface area contributed by atoms with E-state index in [1.165, 1.54) is 16.7 Å². The molecule has 1 aliphatic rings. The Bertz CT molecular complexity index is 1520. The second kappa shape index (κ2) is 15.9. The summed E-state index contributed by atoms with van der Waals surface area (Å²) in [6.45, 7) is 6.51. The van der Waals surface area contributed by atoms with E-state index in [2.05, 4.69) is 23.3 Å². The molecular formula is C35H45N3O6. The van der Waals surface area contributed by atoms with Gasteiger partial charge in [-0.15, -0.1) is 0 Å². The Morgan fingerprint density at radius 3 is 2.30 bits per heavy atom. The van der Waals surface area contributed by atoms with Crippen molar-refractivity contribution in [3.05, 3.63) is 77.0 Å². The number of nitrogens with one attached hydrogen (secondary N) is 1. The second-order valence-corrected chi connectivity index (χ2v) is 10.5. The third kappa shape index (κ3) is 7.58. The zero-order chi connectivity index (χ0) is 31.5. The molecule has 9 nitrogen and oxygen atoms in total. The van der Waals surface area contributed by atoms with Gasteiger partial charge in [0.2, 0.25) is 6.41 Å². The lowest BCUT2D eigenvalue weighted by molar-refractivity contribution is -0.120. The smallest absolute Gasteiger partial charge is 0.210 e. The van der Waals surface area contributed by atoms with E-state index < -0.39 is 0 Å². The van der Waals surface area contributed by atoms with Crippen LogP contribution < -0.4 is 29.4 Å². The summed E-state index contributed by atoms with van der Waals surface area (Å²) in [6, 6.07) is 16.1. The van der Waals surface area contributed by atoms with Crippen molar-refractivity contribution in [1.29, 1.82) is 0 Å². The Balaban J connectivity index is 0.000000265. The van der Waals surface area contributed by atoms with E-state index in [9.17, 15) is 4.79 Å². The van der Waals surface area contributed by atoms with Gasteiger partial charge in [-0.3, -0.25) is 4.79 Å². The minimum atomic E-state index is 0.00591. The second-order valence-electron chi connectivity index (χ2n) is 10.5. The van der Waals surface area contributed by atoms with Gasteiger partial charge in [-0.2, -0.15) is 0 Å². The van der Waals surface area contributed by atoms with Crippen molar-refractivity contribution in [2.75, 3.05) is 47.6 Å². The molecule has 1 amide bonds. The number of carbonyl (C=O) groups excluding carboxylic acids is 1. The van der Waals surface area contributed by atoms with Crippen LogP contribution in [-0.4, -0.2) is 63.9 Å². The van der Waals surface area contributed by atoms with Crippen molar-refractivity contribution < 1.29 is 28.5 Å². The number of amides is 1. The van der Waals surface area contributed by atoms with Crippen molar-refractivity contribution in [2.45, 2.75) is 45.6 Å². The number of benzene rings is 3.